The predicted octanol–water partition coefficient (Wildman–Crippen LogP) is 7.50. The lowest BCUT2D eigenvalue weighted by Gasteiger charge is -2.32. The Morgan fingerprint density at radius 2 is 1.31 bits per heavy atom. The Morgan fingerprint density at radius 3 is 2.11 bits per heavy atom. The minimum atomic E-state index is -0.385. The summed E-state index contributed by atoms with van der Waals surface area (Å²) in [6.07, 6.45) is 0. The summed E-state index contributed by atoms with van der Waals surface area (Å²) in [6.45, 7) is 8.48. The molecule has 3 nitrogen and oxygen atoms in total. The Hall–Kier alpha value is -3.12. The van der Waals surface area contributed by atoms with Crippen molar-refractivity contribution in [1.29, 1.82) is 0 Å². The molecule has 7 aromatic rings. The largest absolute Gasteiger partial charge is 0.496 e. The first-order valence-corrected chi connectivity index (χ1v) is 13.0. The third-order valence-corrected chi connectivity index (χ3v) is 9.59. The Labute approximate surface area is 207 Å². The average molecular weight is 473 g/mol. The summed E-state index contributed by atoms with van der Waals surface area (Å²) in [5.41, 5.74) is 4.16. The van der Waals surface area contributed by atoms with Gasteiger partial charge in [-0.15, -0.1) is 11.3 Å². The van der Waals surface area contributed by atoms with E-state index in [0.29, 0.717) is 0 Å². The molecule has 5 heteroatoms. The van der Waals surface area contributed by atoms with Crippen molar-refractivity contribution >= 4 is 82.2 Å². The van der Waals surface area contributed by atoms with Crippen molar-refractivity contribution in [3.63, 3.8) is 0 Å². The minimum absolute atomic E-state index is 0.374. The van der Waals surface area contributed by atoms with Crippen LogP contribution in [-0.2, 0) is 9.31 Å². The quantitative estimate of drug-likeness (QED) is 0.230. The third-order valence-electron chi connectivity index (χ3n) is 8.39. The summed E-state index contributed by atoms with van der Waals surface area (Å²) in [5, 5.41) is 7.79. The highest BCUT2D eigenvalue weighted by Gasteiger charge is 2.52. The molecule has 4 heterocycles. The lowest BCUT2D eigenvalue weighted by Crippen LogP contribution is -2.41. The van der Waals surface area contributed by atoms with Gasteiger partial charge in [-0.05, 0) is 51.3 Å². The number of hydrogen-bond donors (Lipinski definition) is 0. The molecule has 3 aromatic heterocycles. The molecule has 0 bridgehead atoms. The van der Waals surface area contributed by atoms with Gasteiger partial charge >= 0.3 is 7.12 Å². The van der Waals surface area contributed by atoms with Crippen LogP contribution in [0.25, 0.3) is 58.3 Å². The van der Waals surface area contributed by atoms with Gasteiger partial charge in [0, 0.05) is 41.8 Å². The fourth-order valence-electron chi connectivity index (χ4n) is 5.98. The number of aromatic nitrogens is 1. The smallest absolute Gasteiger partial charge is 0.399 e. The van der Waals surface area contributed by atoms with Crippen LogP contribution >= 0.6 is 11.3 Å². The fraction of sp³-hybridized carbons (Fsp3) is 0.200. The molecule has 1 saturated heterocycles. The number of para-hydroxylation sites is 2. The highest BCUT2D eigenvalue weighted by molar-refractivity contribution is 7.27. The molecular formula is C30H24BNO2S. The molecule has 0 radical (unpaired) electrons. The number of benzene rings is 4. The first-order chi connectivity index (χ1) is 16.9. The van der Waals surface area contributed by atoms with Crippen molar-refractivity contribution in [2.45, 2.75) is 38.9 Å². The Morgan fingerprint density at radius 1 is 0.657 bits per heavy atom. The molecule has 4 aromatic carbocycles. The molecule has 0 spiro atoms. The summed E-state index contributed by atoms with van der Waals surface area (Å²) in [4.78, 5) is 0. The number of thiophene rings is 1. The van der Waals surface area contributed by atoms with Gasteiger partial charge in [-0.25, -0.2) is 0 Å². The van der Waals surface area contributed by atoms with Crippen LogP contribution in [0, 0.1) is 0 Å². The molecule has 0 unspecified atom stereocenters. The second-order valence-corrected chi connectivity index (χ2v) is 11.9. The average Bonchev–Trinajstić information content (AvgIpc) is 3.42. The van der Waals surface area contributed by atoms with Crippen LogP contribution < -0.4 is 5.46 Å². The zero-order chi connectivity index (χ0) is 23.7. The maximum absolute atomic E-state index is 6.51. The molecule has 0 aliphatic carbocycles. The standard InChI is InChI=1S/C30H24BNO2S/c1-29(2)30(3,4)34-31(33-29)21-16-15-18-20-11-7-10-19-17-9-5-6-12-22(17)32(27(19)20)23-13-8-14-24-26(23)25(18)28(21)35-24/h5-16H,1-4H3. The van der Waals surface area contributed by atoms with E-state index in [1.807, 2.05) is 11.3 Å². The molecule has 1 aliphatic rings. The van der Waals surface area contributed by atoms with Gasteiger partial charge in [-0.3, -0.25) is 0 Å². The predicted molar refractivity (Wildman–Crippen MR) is 150 cm³/mol. The molecule has 35 heavy (non-hydrogen) atoms. The first kappa shape index (κ1) is 20.1. The van der Waals surface area contributed by atoms with Gasteiger partial charge in [-0.2, -0.15) is 0 Å². The lowest BCUT2D eigenvalue weighted by molar-refractivity contribution is 0.00578. The van der Waals surface area contributed by atoms with Gasteiger partial charge in [0.2, 0.25) is 0 Å². The molecule has 0 N–H and O–H groups in total. The Bertz CT molecular complexity index is 1960. The summed E-state index contributed by atoms with van der Waals surface area (Å²) in [5.74, 6) is 0. The van der Waals surface area contributed by atoms with Crippen LogP contribution in [0.4, 0.5) is 0 Å². The number of rotatable bonds is 1. The highest BCUT2D eigenvalue weighted by Crippen LogP contribution is 2.45. The van der Waals surface area contributed by atoms with Crippen LogP contribution in [0.2, 0.25) is 0 Å². The topological polar surface area (TPSA) is 22.9 Å². The van der Waals surface area contributed by atoms with Crippen molar-refractivity contribution in [1.82, 2.24) is 4.40 Å². The van der Waals surface area contributed by atoms with E-state index in [0.717, 1.165) is 5.46 Å². The third kappa shape index (κ3) is 2.39. The number of nitrogens with zero attached hydrogens (tertiary/aromatic N) is 1. The van der Waals surface area contributed by atoms with Crippen molar-refractivity contribution in [3.8, 4) is 0 Å². The fourth-order valence-corrected chi connectivity index (χ4v) is 7.25. The van der Waals surface area contributed by atoms with Gasteiger partial charge in [0.25, 0.3) is 0 Å². The summed E-state index contributed by atoms with van der Waals surface area (Å²) < 4.78 is 18.1. The first-order valence-electron chi connectivity index (χ1n) is 12.2. The van der Waals surface area contributed by atoms with Crippen LogP contribution in [-0.4, -0.2) is 22.7 Å². The summed E-state index contributed by atoms with van der Waals surface area (Å²) in [7, 11) is -0.385. The van der Waals surface area contributed by atoms with E-state index >= 15 is 0 Å². The van der Waals surface area contributed by atoms with E-state index in [2.05, 4.69) is 105 Å². The Kier molecular flexibility index (Phi) is 3.65. The van der Waals surface area contributed by atoms with Crippen molar-refractivity contribution in [2.24, 2.45) is 0 Å². The maximum Gasteiger partial charge on any atom is 0.496 e. The number of fused-ring (bicyclic) bond motifs is 5. The molecule has 0 atom stereocenters. The number of hydrogen-bond acceptors (Lipinski definition) is 3. The van der Waals surface area contributed by atoms with E-state index in [1.165, 1.54) is 58.3 Å². The van der Waals surface area contributed by atoms with E-state index in [9.17, 15) is 0 Å². The van der Waals surface area contributed by atoms with Crippen LogP contribution in [0.5, 0.6) is 0 Å². The SMILES string of the molecule is CC1(C)OB(c2ccc3c4cccc5c6ccccc6n(c6cccc7sc2c3c76)c45)OC1(C)C. The van der Waals surface area contributed by atoms with E-state index in [4.69, 9.17) is 9.31 Å². The second-order valence-electron chi connectivity index (χ2n) is 10.8. The van der Waals surface area contributed by atoms with E-state index in [-0.39, 0.29) is 18.3 Å². The van der Waals surface area contributed by atoms with Gasteiger partial charge in [0.05, 0.1) is 27.8 Å². The van der Waals surface area contributed by atoms with Gasteiger partial charge in [0.1, 0.15) is 0 Å². The zero-order valence-corrected chi connectivity index (χ0v) is 21.0. The molecule has 1 aliphatic heterocycles. The van der Waals surface area contributed by atoms with Crippen molar-refractivity contribution in [2.75, 3.05) is 0 Å². The second kappa shape index (κ2) is 6.35. The van der Waals surface area contributed by atoms with Crippen molar-refractivity contribution < 1.29 is 9.31 Å². The maximum atomic E-state index is 6.51. The van der Waals surface area contributed by atoms with Gasteiger partial charge < -0.3 is 13.7 Å². The van der Waals surface area contributed by atoms with Gasteiger partial charge in [-0.1, -0.05) is 54.6 Å². The van der Waals surface area contributed by atoms with Crippen LogP contribution in [0.15, 0.2) is 72.8 Å². The Balaban J connectivity index is 1.60. The van der Waals surface area contributed by atoms with Crippen LogP contribution in [0.1, 0.15) is 27.7 Å². The van der Waals surface area contributed by atoms with Crippen molar-refractivity contribution in [3.05, 3.63) is 72.8 Å². The molecule has 1 fully saturated rings. The molecule has 0 amide bonds. The highest BCUT2D eigenvalue weighted by atomic mass is 32.1. The zero-order valence-electron chi connectivity index (χ0n) is 20.2. The van der Waals surface area contributed by atoms with Crippen LogP contribution in [0.3, 0.4) is 0 Å². The molecule has 170 valence electrons. The molecular weight excluding hydrogens is 449 g/mol. The molecule has 0 saturated carbocycles. The lowest BCUT2D eigenvalue weighted by atomic mass is 9.78. The summed E-state index contributed by atoms with van der Waals surface area (Å²) in [6, 6.07) is 26.7. The normalized spacial score (nSPS) is 17.9. The van der Waals surface area contributed by atoms with Gasteiger partial charge in [0.15, 0.2) is 0 Å². The van der Waals surface area contributed by atoms with E-state index in [1.54, 1.807) is 0 Å². The monoisotopic (exact) mass is 473 g/mol. The van der Waals surface area contributed by atoms with E-state index < -0.39 is 0 Å². The minimum Gasteiger partial charge on any atom is -0.399 e. The summed E-state index contributed by atoms with van der Waals surface area (Å²) >= 11 is 1.85. The molecule has 8 rings (SSSR count).